The Hall–Kier alpha value is -1.24. The predicted octanol–water partition coefficient (Wildman–Crippen LogP) is -2.66. The van der Waals surface area contributed by atoms with E-state index >= 15 is 0 Å². The summed E-state index contributed by atoms with van der Waals surface area (Å²) in [5.41, 5.74) is 4.85. The van der Waals surface area contributed by atoms with E-state index < -0.39 is 50.4 Å². The summed E-state index contributed by atoms with van der Waals surface area (Å²) in [6.07, 6.45) is -2.75. The number of carbonyl (C=O) groups is 1. The molecular weight excluding hydrogens is 329 g/mol. The second-order valence-corrected chi connectivity index (χ2v) is 4.83. The van der Waals surface area contributed by atoms with E-state index in [4.69, 9.17) is 50.5 Å². The molecule has 1 rings (SSSR count). The van der Waals surface area contributed by atoms with E-state index in [1.54, 1.807) is 0 Å². The van der Waals surface area contributed by atoms with Crippen LogP contribution in [0.3, 0.4) is 0 Å². The van der Waals surface area contributed by atoms with Gasteiger partial charge in [-0.05, 0) is 6.42 Å². The van der Waals surface area contributed by atoms with E-state index in [0.29, 0.717) is 6.42 Å². The molecule has 0 aromatic heterocycles. The summed E-state index contributed by atoms with van der Waals surface area (Å²) in [7, 11) is -4.64. The Balaban J connectivity index is 0. The summed E-state index contributed by atoms with van der Waals surface area (Å²) in [4.78, 5) is 32.1. The van der Waals surface area contributed by atoms with Gasteiger partial charge in [-0.3, -0.25) is 0 Å². The molecule has 2 unspecified atom stereocenters. The van der Waals surface area contributed by atoms with Crippen molar-refractivity contribution in [3.05, 3.63) is 11.5 Å². The van der Waals surface area contributed by atoms with Gasteiger partial charge in [-0.1, -0.05) is 6.92 Å². The normalized spacial score (nSPS) is 20.2. The fourth-order valence-electron chi connectivity index (χ4n) is 0.823. The SMILES string of the molecule is CCC(N)O.O=C1O[C@H](C(O)CO)C(O)=C1O.O=P(O)(O)O. The first-order valence-corrected chi connectivity index (χ1v) is 7.25. The van der Waals surface area contributed by atoms with Crippen molar-refractivity contribution in [3.8, 4) is 0 Å². The van der Waals surface area contributed by atoms with Gasteiger partial charge in [-0.25, -0.2) is 9.36 Å². The first-order chi connectivity index (χ1) is 9.84. The molecule has 1 aliphatic heterocycles. The molecule has 10 N–H and O–H groups in total. The van der Waals surface area contributed by atoms with Crippen molar-refractivity contribution in [2.75, 3.05) is 6.61 Å². The second-order valence-electron chi connectivity index (χ2n) is 3.80. The lowest BCUT2D eigenvalue weighted by Crippen LogP contribution is -2.31. The Labute approximate surface area is 124 Å². The second kappa shape index (κ2) is 10.5. The number of aliphatic hydroxyl groups is 5. The van der Waals surface area contributed by atoms with Gasteiger partial charge in [0.15, 0.2) is 11.9 Å². The number of hydrogen-bond acceptors (Lipinski definition) is 9. The Morgan fingerprint density at radius 1 is 1.27 bits per heavy atom. The van der Waals surface area contributed by atoms with Gasteiger partial charge in [-0.2, -0.15) is 0 Å². The monoisotopic (exact) mass is 349 g/mol. The van der Waals surface area contributed by atoms with Gasteiger partial charge in [0.1, 0.15) is 12.3 Å². The van der Waals surface area contributed by atoms with Crippen LogP contribution >= 0.6 is 7.82 Å². The minimum absolute atomic E-state index is 0.616. The largest absolute Gasteiger partial charge is 0.505 e. The van der Waals surface area contributed by atoms with Crippen LogP contribution in [0, 0.1) is 0 Å². The van der Waals surface area contributed by atoms with Crippen LogP contribution in [0.1, 0.15) is 13.3 Å². The van der Waals surface area contributed by atoms with Crippen LogP contribution in [0.15, 0.2) is 11.5 Å². The minimum Gasteiger partial charge on any atom is -0.505 e. The van der Waals surface area contributed by atoms with Crippen LogP contribution in [0.5, 0.6) is 0 Å². The molecule has 0 aromatic rings. The Morgan fingerprint density at radius 2 is 1.64 bits per heavy atom. The number of nitrogens with two attached hydrogens (primary N) is 1. The van der Waals surface area contributed by atoms with Crippen molar-refractivity contribution in [1.29, 1.82) is 0 Å². The molecule has 13 heteroatoms. The molecule has 0 saturated carbocycles. The molecule has 1 aliphatic rings. The number of cyclic esters (lactones) is 1. The van der Waals surface area contributed by atoms with Crippen LogP contribution in [-0.2, 0) is 14.1 Å². The molecule has 1 heterocycles. The Bertz CT molecular complexity index is 410. The quantitative estimate of drug-likeness (QED) is 0.144. The molecule has 0 radical (unpaired) electrons. The molecular formula is C9H20NO11P. The van der Waals surface area contributed by atoms with E-state index in [-0.39, 0.29) is 0 Å². The van der Waals surface area contributed by atoms with E-state index in [1.807, 2.05) is 6.92 Å². The average molecular weight is 349 g/mol. The number of aliphatic hydroxyl groups excluding tert-OH is 5. The van der Waals surface area contributed by atoms with Gasteiger partial charge in [0.05, 0.1) is 6.61 Å². The lowest BCUT2D eigenvalue weighted by Gasteiger charge is -2.13. The standard InChI is InChI=1S/C6H8O6.C3H9NO.H3O4P/c7-1-2(8)5-3(9)4(10)6(11)12-5;1-2-3(4)5;1-5(2,3)4/h2,5,7-10H,1H2;3,5H,2,4H2,1H3;(H3,1,2,3,4)/t2?,5-;;/m1../s1. The fourth-order valence-corrected chi connectivity index (χ4v) is 0.823. The highest BCUT2D eigenvalue weighted by Gasteiger charge is 2.38. The van der Waals surface area contributed by atoms with Crippen molar-refractivity contribution in [2.45, 2.75) is 31.8 Å². The number of hydrogen-bond donors (Lipinski definition) is 9. The summed E-state index contributed by atoms with van der Waals surface area (Å²) in [6.45, 7) is 1.15. The van der Waals surface area contributed by atoms with Gasteiger partial charge in [0.2, 0.25) is 5.76 Å². The lowest BCUT2D eigenvalue weighted by atomic mass is 10.2. The Kier molecular flexibility index (Phi) is 11.0. The maximum absolute atomic E-state index is 10.5. The van der Waals surface area contributed by atoms with Crippen molar-refractivity contribution in [1.82, 2.24) is 0 Å². The Morgan fingerprint density at radius 3 is 1.82 bits per heavy atom. The summed E-state index contributed by atoms with van der Waals surface area (Å²) in [6, 6.07) is 0. The van der Waals surface area contributed by atoms with Crippen molar-refractivity contribution >= 4 is 13.8 Å². The molecule has 0 spiro atoms. The number of rotatable bonds is 3. The van der Waals surface area contributed by atoms with Crippen molar-refractivity contribution < 1.29 is 54.3 Å². The molecule has 0 fully saturated rings. The molecule has 0 aliphatic carbocycles. The van der Waals surface area contributed by atoms with Gasteiger partial charge in [0.25, 0.3) is 0 Å². The van der Waals surface area contributed by atoms with Crippen LogP contribution in [0.4, 0.5) is 0 Å². The van der Waals surface area contributed by atoms with E-state index in [9.17, 15) is 4.79 Å². The highest BCUT2D eigenvalue weighted by molar-refractivity contribution is 7.45. The molecule has 3 atom stereocenters. The topological polar surface area (TPSA) is 231 Å². The third kappa shape index (κ3) is 11.4. The lowest BCUT2D eigenvalue weighted by molar-refractivity contribution is -0.147. The van der Waals surface area contributed by atoms with Crippen LogP contribution in [0.2, 0.25) is 0 Å². The van der Waals surface area contributed by atoms with Crippen LogP contribution in [0.25, 0.3) is 0 Å². The highest BCUT2D eigenvalue weighted by Crippen LogP contribution is 2.25. The van der Waals surface area contributed by atoms with Crippen molar-refractivity contribution in [3.63, 3.8) is 0 Å². The van der Waals surface area contributed by atoms with Gasteiger partial charge < -0.3 is 50.7 Å². The summed E-state index contributed by atoms with van der Waals surface area (Å²) < 4.78 is 13.2. The average Bonchev–Trinajstić information content (AvgIpc) is 2.64. The van der Waals surface area contributed by atoms with Gasteiger partial charge >= 0.3 is 13.8 Å². The number of phosphoric acid groups is 1. The first-order valence-electron chi connectivity index (χ1n) is 5.69. The third-order valence-electron chi connectivity index (χ3n) is 1.89. The summed E-state index contributed by atoms with van der Waals surface area (Å²) in [5.74, 6) is -2.78. The van der Waals surface area contributed by atoms with E-state index in [2.05, 4.69) is 4.74 Å². The maximum Gasteiger partial charge on any atom is 0.466 e. The zero-order valence-corrected chi connectivity index (χ0v) is 12.4. The highest BCUT2D eigenvalue weighted by atomic mass is 31.2. The van der Waals surface area contributed by atoms with Gasteiger partial charge in [-0.15, -0.1) is 0 Å². The fraction of sp³-hybridized carbons (Fsp3) is 0.667. The molecule has 132 valence electrons. The molecule has 12 nitrogen and oxygen atoms in total. The zero-order chi connectivity index (χ0) is 18.1. The molecule has 0 amide bonds. The number of carbonyl (C=O) groups excluding carboxylic acids is 1. The van der Waals surface area contributed by atoms with Gasteiger partial charge in [0, 0.05) is 0 Å². The smallest absolute Gasteiger partial charge is 0.466 e. The van der Waals surface area contributed by atoms with E-state index in [0.717, 1.165) is 0 Å². The molecule has 22 heavy (non-hydrogen) atoms. The third-order valence-corrected chi connectivity index (χ3v) is 1.89. The number of ether oxygens (including phenoxy) is 1. The number of esters is 1. The molecule has 0 saturated heterocycles. The van der Waals surface area contributed by atoms with E-state index in [1.165, 1.54) is 0 Å². The molecule has 0 bridgehead atoms. The summed E-state index contributed by atoms with van der Waals surface area (Å²) in [5, 5.41) is 43.2. The van der Waals surface area contributed by atoms with Crippen molar-refractivity contribution in [2.24, 2.45) is 5.73 Å². The first kappa shape index (κ1) is 23.0. The maximum atomic E-state index is 10.5. The van der Waals surface area contributed by atoms with Crippen LogP contribution < -0.4 is 5.73 Å². The molecule has 0 aromatic carbocycles. The minimum atomic E-state index is -4.64. The predicted molar refractivity (Wildman–Crippen MR) is 70.0 cm³/mol. The van der Waals surface area contributed by atoms with Crippen LogP contribution in [-0.4, -0.2) is 71.2 Å². The summed E-state index contributed by atoms with van der Waals surface area (Å²) >= 11 is 0. The zero-order valence-electron chi connectivity index (χ0n) is 11.5.